The molecule has 18 heavy (non-hydrogen) atoms. The van der Waals surface area contributed by atoms with Gasteiger partial charge in [-0.05, 0) is 32.0 Å². The van der Waals surface area contributed by atoms with E-state index in [1.165, 1.54) is 0 Å². The average molecular weight is 272 g/mol. The van der Waals surface area contributed by atoms with Gasteiger partial charge >= 0.3 is 0 Å². The van der Waals surface area contributed by atoms with Crippen LogP contribution in [0.3, 0.4) is 0 Å². The molecule has 3 N–H and O–H groups in total. The van der Waals surface area contributed by atoms with E-state index in [9.17, 15) is 4.79 Å². The van der Waals surface area contributed by atoms with Crippen molar-refractivity contribution in [1.29, 1.82) is 0 Å². The Balaban J connectivity index is 0.00000162. The largest absolute Gasteiger partial charge is 0.364 e. The smallest absolute Gasteiger partial charge is 0.269 e. The van der Waals surface area contributed by atoms with Crippen molar-refractivity contribution < 1.29 is 4.79 Å². The van der Waals surface area contributed by atoms with Crippen LogP contribution in [0.4, 0.5) is 5.82 Å². The lowest BCUT2D eigenvalue weighted by atomic mass is 10.1. The fourth-order valence-corrected chi connectivity index (χ4v) is 2.02. The van der Waals surface area contributed by atoms with Gasteiger partial charge < -0.3 is 16.0 Å². The van der Waals surface area contributed by atoms with Gasteiger partial charge in [-0.25, -0.2) is 0 Å². The number of rotatable bonds is 3. The first kappa shape index (κ1) is 14.7. The number of carbonyl (C=O) groups excluding carboxylic acids is 1. The molecule has 6 nitrogen and oxygen atoms in total. The van der Waals surface area contributed by atoms with Crippen LogP contribution in [0.25, 0.3) is 0 Å². The summed E-state index contributed by atoms with van der Waals surface area (Å²) >= 11 is 0. The Morgan fingerprint density at radius 3 is 2.50 bits per heavy atom. The molecule has 0 aromatic carbocycles. The second-order valence-electron chi connectivity index (χ2n) is 4.19. The zero-order chi connectivity index (χ0) is 12.3. The lowest BCUT2D eigenvalue weighted by Gasteiger charge is -2.32. The van der Waals surface area contributed by atoms with Crippen LogP contribution in [-0.2, 0) is 0 Å². The molecule has 0 spiro atoms. The van der Waals surface area contributed by atoms with Crippen molar-refractivity contribution in [3.8, 4) is 0 Å². The maximum atomic E-state index is 10.9. The van der Waals surface area contributed by atoms with E-state index in [1.54, 1.807) is 12.1 Å². The molecule has 0 bridgehead atoms. The van der Waals surface area contributed by atoms with Crippen molar-refractivity contribution >= 4 is 24.1 Å². The van der Waals surface area contributed by atoms with Crippen molar-refractivity contribution in [2.45, 2.75) is 18.9 Å². The van der Waals surface area contributed by atoms with Crippen LogP contribution in [0, 0.1) is 0 Å². The molecular formula is C11H18ClN5O. The summed E-state index contributed by atoms with van der Waals surface area (Å²) in [6.45, 7) is 1.91. The van der Waals surface area contributed by atoms with Crippen LogP contribution in [0.15, 0.2) is 12.1 Å². The number of nitrogens with one attached hydrogen (secondary N) is 1. The number of hydrogen-bond acceptors (Lipinski definition) is 5. The molecule has 1 aromatic rings. The van der Waals surface area contributed by atoms with Crippen molar-refractivity contribution in [3.05, 3.63) is 17.8 Å². The molecule has 2 heterocycles. The first-order chi connectivity index (χ1) is 8.20. The second kappa shape index (κ2) is 6.51. The minimum atomic E-state index is -0.544. The molecule has 7 heteroatoms. The van der Waals surface area contributed by atoms with Gasteiger partial charge in [0, 0.05) is 19.1 Å². The number of carbonyl (C=O) groups is 1. The Bertz CT molecular complexity index is 389. The second-order valence-corrected chi connectivity index (χ2v) is 4.19. The van der Waals surface area contributed by atoms with Gasteiger partial charge in [0.1, 0.15) is 0 Å². The standard InChI is InChI=1S/C11H17N5O.ClH/c1-13-8-4-6-16(7-5-8)10-3-2-9(11(12)17)14-15-10;/h2-3,8,13H,4-7H2,1H3,(H2,12,17);1H. The molecule has 1 aliphatic heterocycles. The Morgan fingerprint density at radius 2 is 2.06 bits per heavy atom. The van der Waals surface area contributed by atoms with Gasteiger partial charge in [-0.3, -0.25) is 4.79 Å². The number of nitrogens with zero attached hydrogens (tertiary/aromatic N) is 3. The summed E-state index contributed by atoms with van der Waals surface area (Å²) in [6.07, 6.45) is 2.19. The van der Waals surface area contributed by atoms with Crippen LogP contribution in [0.5, 0.6) is 0 Å². The van der Waals surface area contributed by atoms with Crippen molar-refractivity contribution in [2.75, 3.05) is 25.0 Å². The summed E-state index contributed by atoms with van der Waals surface area (Å²) in [5, 5.41) is 11.1. The highest BCUT2D eigenvalue weighted by atomic mass is 35.5. The van der Waals surface area contributed by atoms with Gasteiger partial charge in [0.15, 0.2) is 11.5 Å². The normalized spacial score (nSPS) is 16.2. The molecule has 0 unspecified atom stereocenters. The van der Waals surface area contributed by atoms with Gasteiger partial charge in [-0.1, -0.05) is 0 Å². The van der Waals surface area contributed by atoms with E-state index in [-0.39, 0.29) is 18.1 Å². The van der Waals surface area contributed by atoms with Crippen LogP contribution < -0.4 is 16.0 Å². The summed E-state index contributed by atoms with van der Waals surface area (Å²) in [6, 6.07) is 4.01. The molecule has 1 saturated heterocycles. The van der Waals surface area contributed by atoms with Gasteiger partial charge in [0.05, 0.1) is 0 Å². The van der Waals surface area contributed by atoms with Gasteiger partial charge in [-0.15, -0.1) is 22.6 Å². The number of amides is 1. The molecule has 1 aromatic heterocycles. The predicted octanol–water partition coefficient (Wildman–Crippen LogP) is 0.186. The summed E-state index contributed by atoms with van der Waals surface area (Å²) in [5.41, 5.74) is 5.32. The minimum absolute atomic E-state index is 0. The molecule has 2 rings (SSSR count). The SMILES string of the molecule is CNC1CCN(c2ccc(C(N)=O)nn2)CC1.Cl. The monoisotopic (exact) mass is 271 g/mol. The van der Waals surface area contributed by atoms with E-state index >= 15 is 0 Å². The minimum Gasteiger partial charge on any atom is -0.364 e. The van der Waals surface area contributed by atoms with E-state index < -0.39 is 5.91 Å². The van der Waals surface area contributed by atoms with Gasteiger partial charge in [-0.2, -0.15) is 0 Å². The van der Waals surface area contributed by atoms with Crippen LogP contribution >= 0.6 is 12.4 Å². The number of hydrogen-bond donors (Lipinski definition) is 2. The van der Waals surface area contributed by atoms with Crippen LogP contribution in [0.1, 0.15) is 23.3 Å². The highest BCUT2D eigenvalue weighted by Crippen LogP contribution is 2.16. The molecule has 0 atom stereocenters. The quantitative estimate of drug-likeness (QED) is 0.820. The van der Waals surface area contributed by atoms with Crippen molar-refractivity contribution in [2.24, 2.45) is 5.73 Å². The molecule has 1 aliphatic rings. The van der Waals surface area contributed by atoms with E-state index in [1.807, 2.05) is 7.05 Å². The zero-order valence-electron chi connectivity index (χ0n) is 10.3. The molecular weight excluding hydrogens is 254 g/mol. The lowest BCUT2D eigenvalue weighted by Crippen LogP contribution is -2.41. The van der Waals surface area contributed by atoms with E-state index in [0.717, 1.165) is 31.7 Å². The number of halogens is 1. The Labute approximate surface area is 112 Å². The van der Waals surface area contributed by atoms with E-state index in [0.29, 0.717) is 6.04 Å². The number of primary amides is 1. The molecule has 1 fully saturated rings. The number of aromatic nitrogens is 2. The fraction of sp³-hybridized carbons (Fsp3) is 0.545. The van der Waals surface area contributed by atoms with Crippen molar-refractivity contribution in [1.82, 2.24) is 15.5 Å². The Morgan fingerprint density at radius 1 is 1.39 bits per heavy atom. The number of piperidine rings is 1. The van der Waals surface area contributed by atoms with Gasteiger partial charge in [0.25, 0.3) is 5.91 Å². The number of anilines is 1. The fourth-order valence-electron chi connectivity index (χ4n) is 2.02. The van der Waals surface area contributed by atoms with Crippen LogP contribution in [-0.4, -0.2) is 42.3 Å². The first-order valence-electron chi connectivity index (χ1n) is 5.76. The summed E-state index contributed by atoms with van der Waals surface area (Å²) in [5.74, 6) is 0.266. The number of nitrogens with two attached hydrogens (primary N) is 1. The van der Waals surface area contributed by atoms with Gasteiger partial charge in [0.2, 0.25) is 0 Å². The third-order valence-electron chi connectivity index (χ3n) is 3.13. The molecule has 1 amide bonds. The Hall–Kier alpha value is -1.40. The summed E-state index contributed by atoms with van der Waals surface area (Å²) in [4.78, 5) is 13.0. The average Bonchev–Trinajstić information content (AvgIpc) is 2.39. The Kier molecular flexibility index (Phi) is 5.30. The maximum absolute atomic E-state index is 10.9. The highest BCUT2D eigenvalue weighted by molar-refractivity contribution is 5.90. The topological polar surface area (TPSA) is 84.1 Å². The zero-order valence-corrected chi connectivity index (χ0v) is 11.1. The third kappa shape index (κ3) is 3.30. The maximum Gasteiger partial charge on any atom is 0.269 e. The van der Waals surface area contributed by atoms with Crippen LogP contribution in [0.2, 0.25) is 0 Å². The molecule has 0 aliphatic carbocycles. The highest BCUT2D eigenvalue weighted by Gasteiger charge is 2.19. The van der Waals surface area contributed by atoms with Crippen molar-refractivity contribution in [3.63, 3.8) is 0 Å². The lowest BCUT2D eigenvalue weighted by molar-refractivity contribution is 0.0994. The molecule has 100 valence electrons. The summed E-state index contributed by atoms with van der Waals surface area (Å²) in [7, 11) is 1.99. The summed E-state index contributed by atoms with van der Waals surface area (Å²) < 4.78 is 0. The first-order valence-corrected chi connectivity index (χ1v) is 5.76. The third-order valence-corrected chi connectivity index (χ3v) is 3.13. The molecule has 0 radical (unpaired) electrons. The predicted molar refractivity (Wildman–Crippen MR) is 72.1 cm³/mol. The van der Waals surface area contributed by atoms with E-state index in [2.05, 4.69) is 20.4 Å². The molecule has 0 saturated carbocycles. The van der Waals surface area contributed by atoms with E-state index in [4.69, 9.17) is 5.73 Å².